The Kier molecular flexibility index (Phi) is 6.81. The molecule has 0 amide bonds. The van der Waals surface area contributed by atoms with Crippen LogP contribution in [0.2, 0.25) is 0 Å². The Bertz CT molecular complexity index is 801. The molecule has 1 aliphatic rings. The summed E-state index contributed by atoms with van der Waals surface area (Å²) < 4.78 is 13.4. The number of guanidine groups is 1. The molecule has 0 bridgehead atoms. The lowest BCUT2D eigenvalue weighted by Crippen LogP contribution is -2.45. The number of benzene rings is 1. The van der Waals surface area contributed by atoms with E-state index in [1.165, 1.54) is 6.07 Å². The largest absolute Gasteiger partial charge is 0.354 e. The Morgan fingerprint density at radius 2 is 2.00 bits per heavy atom. The Balaban J connectivity index is 1.64. The minimum Gasteiger partial charge on any atom is -0.354 e. The Morgan fingerprint density at radius 3 is 2.71 bits per heavy atom. The first kappa shape index (κ1) is 20.1. The van der Waals surface area contributed by atoms with Gasteiger partial charge in [0, 0.05) is 65.1 Å². The molecule has 2 aromatic rings. The Hall–Kier alpha value is -2.67. The zero-order chi connectivity index (χ0) is 19.9. The molecule has 28 heavy (non-hydrogen) atoms. The van der Waals surface area contributed by atoms with Gasteiger partial charge in [0.2, 0.25) is 0 Å². The summed E-state index contributed by atoms with van der Waals surface area (Å²) in [6.45, 7) is 5.26. The van der Waals surface area contributed by atoms with Crippen LogP contribution < -0.4 is 10.2 Å². The van der Waals surface area contributed by atoms with E-state index in [2.05, 4.69) is 38.2 Å². The molecule has 6 nitrogen and oxygen atoms in total. The number of aromatic nitrogens is 1. The van der Waals surface area contributed by atoms with Crippen LogP contribution >= 0.6 is 0 Å². The Labute approximate surface area is 166 Å². The lowest BCUT2D eigenvalue weighted by Gasteiger charge is -2.34. The molecular formula is C21H29FN6. The summed E-state index contributed by atoms with van der Waals surface area (Å²) in [6.07, 6.45) is 1.85. The van der Waals surface area contributed by atoms with Crippen LogP contribution in [0.3, 0.4) is 0 Å². The van der Waals surface area contributed by atoms with E-state index in [1.807, 2.05) is 30.3 Å². The van der Waals surface area contributed by atoms with E-state index in [4.69, 9.17) is 0 Å². The molecule has 1 aromatic carbocycles. The fourth-order valence-corrected chi connectivity index (χ4v) is 3.41. The number of piperazine rings is 1. The van der Waals surface area contributed by atoms with Gasteiger partial charge in [-0.05, 0) is 30.8 Å². The van der Waals surface area contributed by atoms with Crippen LogP contribution in [0.25, 0.3) is 0 Å². The van der Waals surface area contributed by atoms with Crippen molar-refractivity contribution in [1.82, 2.24) is 20.1 Å². The van der Waals surface area contributed by atoms with Gasteiger partial charge in [-0.3, -0.25) is 4.99 Å². The number of nitrogens with zero attached hydrogens (tertiary/aromatic N) is 5. The van der Waals surface area contributed by atoms with Crippen molar-refractivity contribution in [3.63, 3.8) is 0 Å². The molecule has 0 unspecified atom stereocenters. The molecule has 150 valence electrons. The summed E-state index contributed by atoms with van der Waals surface area (Å²) >= 11 is 0. The molecule has 2 heterocycles. The quantitative estimate of drug-likeness (QED) is 0.633. The minimum absolute atomic E-state index is 0.221. The molecule has 0 aliphatic carbocycles. The predicted molar refractivity (Wildman–Crippen MR) is 112 cm³/mol. The third kappa shape index (κ3) is 5.19. The molecule has 0 saturated carbocycles. The fraction of sp³-hybridized carbons (Fsp3) is 0.429. The second-order valence-corrected chi connectivity index (χ2v) is 7.16. The van der Waals surface area contributed by atoms with Crippen LogP contribution in [0, 0.1) is 5.82 Å². The molecule has 1 fully saturated rings. The number of aliphatic imine (C=N–C) groups is 1. The zero-order valence-electron chi connectivity index (χ0n) is 16.9. The predicted octanol–water partition coefficient (Wildman–Crippen LogP) is 2.18. The first-order chi connectivity index (χ1) is 13.6. The molecule has 0 radical (unpaired) electrons. The van der Waals surface area contributed by atoms with Crippen molar-refractivity contribution in [2.75, 3.05) is 52.2 Å². The summed E-state index contributed by atoms with van der Waals surface area (Å²) in [5, 5.41) is 3.41. The number of pyridine rings is 1. The maximum atomic E-state index is 13.4. The average Bonchev–Trinajstić information content (AvgIpc) is 2.69. The number of halogens is 1. The summed E-state index contributed by atoms with van der Waals surface area (Å²) in [5.41, 5.74) is 2.05. The summed E-state index contributed by atoms with van der Waals surface area (Å²) in [5.74, 6) is 1.57. The third-order valence-corrected chi connectivity index (χ3v) is 4.99. The van der Waals surface area contributed by atoms with Crippen LogP contribution in [0.4, 0.5) is 10.2 Å². The molecule has 1 aliphatic heterocycles. The summed E-state index contributed by atoms with van der Waals surface area (Å²) in [6, 6.07) is 10.7. The number of hydrogen-bond acceptors (Lipinski definition) is 4. The van der Waals surface area contributed by atoms with Crippen LogP contribution in [0.5, 0.6) is 0 Å². The van der Waals surface area contributed by atoms with Crippen LogP contribution in [-0.4, -0.2) is 68.1 Å². The monoisotopic (exact) mass is 384 g/mol. The van der Waals surface area contributed by atoms with Gasteiger partial charge in [-0.1, -0.05) is 18.2 Å². The molecule has 1 N–H and O–H groups in total. The van der Waals surface area contributed by atoms with Crippen molar-refractivity contribution < 1.29 is 4.39 Å². The second kappa shape index (κ2) is 9.50. The van der Waals surface area contributed by atoms with Crippen molar-refractivity contribution in [2.45, 2.75) is 13.1 Å². The molecular weight excluding hydrogens is 355 g/mol. The zero-order valence-corrected chi connectivity index (χ0v) is 16.9. The van der Waals surface area contributed by atoms with Gasteiger partial charge < -0.3 is 20.0 Å². The van der Waals surface area contributed by atoms with Crippen molar-refractivity contribution >= 4 is 11.8 Å². The summed E-state index contributed by atoms with van der Waals surface area (Å²) in [7, 11) is 5.86. The molecule has 0 atom stereocenters. The number of nitrogens with one attached hydrogen (secondary N) is 1. The minimum atomic E-state index is -0.221. The lowest BCUT2D eigenvalue weighted by molar-refractivity contribution is 0.311. The van der Waals surface area contributed by atoms with Crippen molar-refractivity contribution in [3.8, 4) is 0 Å². The van der Waals surface area contributed by atoms with Crippen LogP contribution in [0.15, 0.2) is 47.6 Å². The van der Waals surface area contributed by atoms with Gasteiger partial charge in [-0.15, -0.1) is 0 Å². The van der Waals surface area contributed by atoms with Crippen LogP contribution in [0.1, 0.15) is 11.1 Å². The number of hydrogen-bond donors (Lipinski definition) is 1. The summed E-state index contributed by atoms with van der Waals surface area (Å²) in [4.78, 5) is 15.7. The first-order valence-electron chi connectivity index (χ1n) is 9.60. The molecule has 7 heteroatoms. The lowest BCUT2D eigenvalue weighted by atomic mass is 10.2. The van der Waals surface area contributed by atoms with Gasteiger partial charge in [0.15, 0.2) is 5.96 Å². The maximum Gasteiger partial charge on any atom is 0.193 e. The standard InChI is InChI=1S/C21H29FN6/c1-23-21(27(3)16-17-6-4-8-19(22)14-17)25-15-18-7-5-9-24-20(18)28-12-10-26(2)11-13-28/h4-9,14H,10-13,15-16H2,1-3H3,(H,23,25). The van der Waals surface area contributed by atoms with Crippen LogP contribution in [-0.2, 0) is 13.1 Å². The molecule has 3 rings (SSSR count). The first-order valence-corrected chi connectivity index (χ1v) is 9.60. The third-order valence-electron chi connectivity index (χ3n) is 4.99. The van der Waals surface area contributed by atoms with Crippen molar-refractivity contribution in [1.29, 1.82) is 0 Å². The van der Waals surface area contributed by atoms with Gasteiger partial charge in [0.1, 0.15) is 11.6 Å². The smallest absolute Gasteiger partial charge is 0.193 e. The highest BCUT2D eigenvalue weighted by atomic mass is 19.1. The van der Waals surface area contributed by atoms with E-state index in [0.717, 1.165) is 49.1 Å². The number of rotatable bonds is 5. The van der Waals surface area contributed by atoms with E-state index >= 15 is 0 Å². The SMILES string of the molecule is CN=C(NCc1cccnc1N1CCN(C)CC1)N(C)Cc1cccc(F)c1. The van der Waals surface area contributed by atoms with Gasteiger partial charge in [0.25, 0.3) is 0 Å². The van der Waals surface area contributed by atoms with E-state index in [0.29, 0.717) is 13.1 Å². The van der Waals surface area contributed by atoms with Gasteiger partial charge >= 0.3 is 0 Å². The van der Waals surface area contributed by atoms with Gasteiger partial charge in [0.05, 0.1) is 0 Å². The van der Waals surface area contributed by atoms with Crippen molar-refractivity contribution in [3.05, 3.63) is 59.5 Å². The average molecular weight is 385 g/mol. The highest BCUT2D eigenvalue weighted by Gasteiger charge is 2.18. The van der Waals surface area contributed by atoms with E-state index in [9.17, 15) is 4.39 Å². The van der Waals surface area contributed by atoms with E-state index < -0.39 is 0 Å². The highest BCUT2D eigenvalue weighted by Crippen LogP contribution is 2.18. The second-order valence-electron chi connectivity index (χ2n) is 7.16. The molecule has 0 spiro atoms. The molecule has 1 saturated heterocycles. The van der Waals surface area contributed by atoms with Crippen molar-refractivity contribution in [2.24, 2.45) is 4.99 Å². The normalized spacial score (nSPS) is 15.6. The Morgan fingerprint density at radius 1 is 1.21 bits per heavy atom. The number of likely N-dealkylation sites (N-methyl/N-ethyl adjacent to an activating group) is 1. The topological polar surface area (TPSA) is 47.0 Å². The highest BCUT2D eigenvalue weighted by molar-refractivity contribution is 5.79. The number of anilines is 1. The van der Waals surface area contributed by atoms with Gasteiger partial charge in [-0.25, -0.2) is 9.37 Å². The maximum absolute atomic E-state index is 13.4. The molecule has 1 aromatic heterocycles. The fourth-order valence-electron chi connectivity index (χ4n) is 3.41. The van der Waals surface area contributed by atoms with E-state index in [1.54, 1.807) is 19.2 Å². The van der Waals surface area contributed by atoms with E-state index in [-0.39, 0.29) is 5.82 Å². The van der Waals surface area contributed by atoms with Gasteiger partial charge in [-0.2, -0.15) is 0 Å².